The Kier molecular flexibility index (Phi) is 4.95. The summed E-state index contributed by atoms with van der Waals surface area (Å²) in [6, 6.07) is 5.84. The second-order valence-corrected chi connectivity index (χ2v) is 5.48. The number of nitrogens with one attached hydrogen (secondary N) is 1. The molecule has 1 fully saturated rings. The van der Waals surface area contributed by atoms with Crippen molar-refractivity contribution in [2.75, 3.05) is 13.1 Å². The molecule has 1 N–H and O–H groups in total. The molecule has 0 unspecified atom stereocenters. The van der Waals surface area contributed by atoms with Crippen molar-refractivity contribution in [1.82, 2.24) is 10.2 Å². The highest BCUT2D eigenvalue weighted by Gasteiger charge is 2.40. The highest BCUT2D eigenvalue weighted by Crippen LogP contribution is 2.19. The summed E-state index contributed by atoms with van der Waals surface area (Å²) < 4.78 is 36.5. The van der Waals surface area contributed by atoms with Crippen molar-refractivity contribution in [3.63, 3.8) is 0 Å². The van der Waals surface area contributed by atoms with Gasteiger partial charge in [0, 0.05) is 29.7 Å². The summed E-state index contributed by atoms with van der Waals surface area (Å²) in [7, 11) is 0. The lowest BCUT2D eigenvalue weighted by Crippen LogP contribution is -2.49. The first-order valence-corrected chi connectivity index (χ1v) is 7.07. The lowest BCUT2D eigenvalue weighted by molar-refractivity contribution is -0.174. The maximum absolute atomic E-state index is 12.2. The zero-order chi connectivity index (χ0) is 16.3. The van der Waals surface area contributed by atoms with E-state index in [0.717, 1.165) is 0 Å². The second kappa shape index (κ2) is 6.56. The minimum atomic E-state index is -4.88. The van der Waals surface area contributed by atoms with E-state index < -0.39 is 18.1 Å². The van der Waals surface area contributed by atoms with Crippen LogP contribution in [0, 0.1) is 0 Å². The number of carbonyl (C=O) groups excluding carboxylic acids is 2. The molecule has 1 saturated heterocycles. The van der Waals surface area contributed by atoms with E-state index in [2.05, 4.69) is 0 Å². The fourth-order valence-corrected chi connectivity index (χ4v) is 2.40. The van der Waals surface area contributed by atoms with E-state index in [1.54, 1.807) is 29.2 Å². The van der Waals surface area contributed by atoms with Gasteiger partial charge in [-0.05, 0) is 37.1 Å². The Labute approximate surface area is 130 Å². The SMILES string of the molecule is O=C(c1ccc(Cl)cc1)N1CCC(NC(=O)C(F)(F)F)CC1. The second-order valence-electron chi connectivity index (χ2n) is 5.04. The zero-order valence-electron chi connectivity index (χ0n) is 11.5. The molecule has 2 rings (SSSR count). The molecule has 22 heavy (non-hydrogen) atoms. The average Bonchev–Trinajstić information content (AvgIpc) is 2.47. The standard InChI is InChI=1S/C14H14ClF3N2O2/c15-10-3-1-9(2-4-10)12(21)20-7-5-11(6-8-20)19-13(22)14(16,17)18/h1-4,11H,5-8H2,(H,19,22). The molecule has 1 aliphatic heterocycles. The first kappa shape index (κ1) is 16.6. The van der Waals surface area contributed by atoms with E-state index in [0.29, 0.717) is 36.5 Å². The molecule has 0 atom stereocenters. The summed E-state index contributed by atoms with van der Waals surface area (Å²) in [5.41, 5.74) is 0.474. The topological polar surface area (TPSA) is 49.4 Å². The lowest BCUT2D eigenvalue weighted by Gasteiger charge is -2.32. The Morgan fingerprint density at radius 2 is 1.68 bits per heavy atom. The summed E-state index contributed by atoms with van der Waals surface area (Å²) in [4.78, 5) is 24.6. The molecule has 0 aromatic heterocycles. The average molecular weight is 335 g/mol. The number of benzene rings is 1. The van der Waals surface area contributed by atoms with Gasteiger partial charge in [-0.2, -0.15) is 13.2 Å². The van der Waals surface area contributed by atoms with Crippen LogP contribution in [-0.4, -0.2) is 42.0 Å². The molecule has 1 aromatic carbocycles. The van der Waals surface area contributed by atoms with E-state index in [4.69, 9.17) is 11.6 Å². The van der Waals surface area contributed by atoms with Gasteiger partial charge >= 0.3 is 12.1 Å². The number of alkyl halides is 3. The maximum atomic E-state index is 12.2. The Bertz CT molecular complexity index is 552. The fourth-order valence-electron chi connectivity index (χ4n) is 2.27. The fraction of sp³-hybridized carbons (Fsp3) is 0.429. The minimum absolute atomic E-state index is 0.197. The number of rotatable bonds is 2. The highest BCUT2D eigenvalue weighted by atomic mass is 35.5. The van der Waals surface area contributed by atoms with Crippen LogP contribution in [0.25, 0.3) is 0 Å². The third-order valence-electron chi connectivity index (χ3n) is 3.47. The Hall–Kier alpha value is -1.76. The van der Waals surface area contributed by atoms with Crippen molar-refractivity contribution >= 4 is 23.4 Å². The van der Waals surface area contributed by atoms with Gasteiger partial charge in [-0.15, -0.1) is 0 Å². The van der Waals surface area contributed by atoms with Crippen LogP contribution in [0.4, 0.5) is 13.2 Å². The van der Waals surface area contributed by atoms with Gasteiger partial charge in [0.1, 0.15) is 0 Å². The smallest absolute Gasteiger partial charge is 0.345 e. The van der Waals surface area contributed by atoms with Crippen molar-refractivity contribution in [3.8, 4) is 0 Å². The number of carbonyl (C=O) groups is 2. The molecule has 2 amide bonds. The minimum Gasteiger partial charge on any atom is -0.345 e. The van der Waals surface area contributed by atoms with Crippen LogP contribution in [0.1, 0.15) is 23.2 Å². The van der Waals surface area contributed by atoms with E-state index in [-0.39, 0.29) is 5.91 Å². The van der Waals surface area contributed by atoms with Gasteiger partial charge < -0.3 is 10.2 Å². The van der Waals surface area contributed by atoms with E-state index >= 15 is 0 Å². The summed E-state index contributed by atoms with van der Waals surface area (Å²) in [5, 5.41) is 2.46. The Balaban J connectivity index is 1.88. The molecule has 120 valence electrons. The third kappa shape index (κ3) is 4.13. The van der Waals surface area contributed by atoms with Crippen molar-refractivity contribution in [1.29, 1.82) is 0 Å². The van der Waals surface area contributed by atoms with Gasteiger partial charge in [-0.25, -0.2) is 0 Å². The van der Waals surface area contributed by atoms with Crippen molar-refractivity contribution in [2.24, 2.45) is 0 Å². The van der Waals surface area contributed by atoms with Crippen LogP contribution >= 0.6 is 11.6 Å². The summed E-state index contributed by atoms with van der Waals surface area (Å²) >= 11 is 5.75. The quantitative estimate of drug-likeness (QED) is 0.904. The molecule has 0 saturated carbocycles. The summed E-state index contributed by atoms with van der Waals surface area (Å²) in [6.45, 7) is 0.592. The molecule has 0 radical (unpaired) electrons. The normalized spacial score (nSPS) is 16.5. The van der Waals surface area contributed by atoms with Crippen LogP contribution in [-0.2, 0) is 4.79 Å². The molecular weight excluding hydrogens is 321 g/mol. The molecule has 8 heteroatoms. The van der Waals surface area contributed by atoms with Crippen LogP contribution in [0.2, 0.25) is 5.02 Å². The first-order valence-electron chi connectivity index (χ1n) is 6.70. The van der Waals surface area contributed by atoms with Crippen molar-refractivity contribution in [3.05, 3.63) is 34.9 Å². The van der Waals surface area contributed by atoms with E-state index in [1.807, 2.05) is 5.32 Å². The lowest BCUT2D eigenvalue weighted by atomic mass is 10.0. The van der Waals surface area contributed by atoms with Crippen LogP contribution in [0.15, 0.2) is 24.3 Å². The number of hydrogen-bond donors (Lipinski definition) is 1. The van der Waals surface area contributed by atoms with Gasteiger partial charge in [0.2, 0.25) is 0 Å². The van der Waals surface area contributed by atoms with E-state index in [1.165, 1.54) is 0 Å². The molecule has 0 aliphatic carbocycles. The molecule has 4 nitrogen and oxygen atoms in total. The number of likely N-dealkylation sites (tertiary alicyclic amines) is 1. The van der Waals surface area contributed by atoms with Crippen LogP contribution in [0.3, 0.4) is 0 Å². The molecule has 1 aromatic rings. The number of nitrogens with zero attached hydrogens (tertiary/aromatic N) is 1. The first-order chi connectivity index (χ1) is 10.3. The maximum Gasteiger partial charge on any atom is 0.471 e. The summed E-state index contributed by atoms with van der Waals surface area (Å²) in [5.74, 6) is -2.13. The molecule has 1 aliphatic rings. The van der Waals surface area contributed by atoms with E-state index in [9.17, 15) is 22.8 Å². The number of hydrogen-bond acceptors (Lipinski definition) is 2. The monoisotopic (exact) mass is 334 g/mol. The highest BCUT2D eigenvalue weighted by molar-refractivity contribution is 6.30. The van der Waals surface area contributed by atoms with Crippen molar-refractivity contribution < 1.29 is 22.8 Å². The van der Waals surface area contributed by atoms with Crippen molar-refractivity contribution in [2.45, 2.75) is 25.1 Å². The predicted octanol–water partition coefficient (Wildman–Crippen LogP) is 2.62. The van der Waals surface area contributed by atoms with Crippen LogP contribution in [0.5, 0.6) is 0 Å². The number of halogens is 4. The predicted molar refractivity (Wildman–Crippen MR) is 74.6 cm³/mol. The third-order valence-corrected chi connectivity index (χ3v) is 3.72. The molecular formula is C14H14ClF3N2O2. The zero-order valence-corrected chi connectivity index (χ0v) is 12.2. The van der Waals surface area contributed by atoms with Gasteiger partial charge in [0.25, 0.3) is 5.91 Å². The molecule has 0 bridgehead atoms. The summed E-state index contributed by atoms with van der Waals surface area (Å²) in [6.07, 6.45) is -4.29. The number of amides is 2. The molecule has 1 heterocycles. The van der Waals surface area contributed by atoms with Crippen LogP contribution < -0.4 is 5.32 Å². The van der Waals surface area contributed by atoms with Gasteiger partial charge in [0.05, 0.1) is 0 Å². The Morgan fingerprint density at radius 3 is 2.18 bits per heavy atom. The number of piperidine rings is 1. The largest absolute Gasteiger partial charge is 0.471 e. The van der Waals surface area contributed by atoms with Gasteiger partial charge in [-0.1, -0.05) is 11.6 Å². The molecule has 0 spiro atoms. The van der Waals surface area contributed by atoms with Gasteiger partial charge in [0.15, 0.2) is 0 Å². The van der Waals surface area contributed by atoms with Gasteiger partial charge in [-0.3, -0.25) is 9.59 Å². The Morgan fingerprint density at radius 1 is 1.14 bits per heavy atom.